The van der Waals surface area contributed by atoms with Crippen molar-refractivity contribution in [2.75, 3.05) is 17.3 Å². The molecule has 1 aliphatic rings. The molecule has 1 saturated carbocycles. The zero-order chi connectivity index (χ0) is 22.5. The van der Waals surface area contributed by atoms with Gasteiger partial charge in [0, 0.05) is 35.8 Å². The molecule has 0 radical (unpaired) electrons. The number of aromatic nitrogens is 2. The number of nitrogens with one attached hydrogen (secondary N) is 3. The first-order valence-electron chi connectivity index (χ1n) is 10.5. The van der Waals surface area contributed by atoms with Gasteiger partial charge in [-0.05, 0) is 62.6 Å². The molecular weight excluding hydrogens is 404 g/mol. The summed E-state index contributed by atoms with van der Waals surface area (Å²) in [6.07, 6.45) is 2.10. The predicted octanol–water partition coefficient (Wildman–Crippen LogP) is 4.19. The van der Waals surface area contributed by atoms with E-state index in [2.05, 4.69) is 37.8 Å². The maximum absolute atomic E-state index is 11.9. The van der Waals surface area contributed by atoms with Crippen LogP contribution in [0.3, 0.4) is 0 Å². The molecule has 0 unspecified atom stereocenters. The van der Waals surface area contributed by atoms with E-state index in [4.69, 9.17) is 4.74 Å². The third kappa shape index (κ3) is 5.60. The number of benzene rings is 2. The molecule has 1 heterocycles. The molecular formula is C24H26N6O2. The highest BCUT2D eigenvalue weighted by atomic mass is 16.5. The van der Waals surface area contributed by atoms with E-state index in [0.29, 0.717) is 23.4 Å². The van der Waals surface area contributed by atoms with Gasteiger partial charge in [0.05, 0.1) is 5.69 Å². The van der Waals surface area contributed by atoms with Crippen LogP contribution < -0.4 is 20.8 Å². The van der Waals surface area contributed by atoms with Gasteiger partial charge in [-0.1, -0.05) is 12.1 Å². The van der Waals surface area contributed by atoms with Crippen molar-refractivity contribution in [1.82, 2.24) is 15.3 Å². The number of carbonyl (C=O) groups is 1. The summed E-state index contributed by atoms with van der Waals surface area (Å²) in [5, 5.41) is 9.96. The second-order valence-corrected chi connectivity index (χ2v) is 7.80. The van der Waals surface area contributed by atoms with Crippen LogP contribution in [0.15, 0.2) is 53.6 Å². The number of rotatable bonds is 9. The molecule has 8 heteroatoms. The van der Waals surface area contributed by atoms with Gasteiger partial charge in [0.2, 0.25) is 0 Å². The minimum atomic E-state index is -0.100. The molecule has 0 spiro atoms. The standard InChI is InChI=1S/C24H26N6O2/c1-15-11-19(9-10-21(15)30-25-3)27-22-12-16(2)26-24(29-22)17-5-4-6-20(13-17)32-14-23(31)28-18-7-8-18/h4-6,9-13,18,30H,3,7-8,14H2,1-2H3,(H,28,31)(H,26,27,29). The van der Waals surface area contributed by atoms with Gasteiger partial charge in [0.1, 0.15) is 11.6 Å². The number of hydrogen-bond donors (Lipinski definition) is 3. The summed E-state index contributed by atoms with van der Waals surface area (Å²) >= 11 is 0. The molecule has 32 heavy (non-hydrogen) atoms. The summed E-state index contributed by atoms with van der Waals surface area (Å²) < 4.78 is 5.66. The number of ether oxygens (including phenoxy) is 1. The van der Waals surface area contributed by atoms with Crippen molar-refractivity contribution in [2.24, 2.45) is 5.10 Å². The number of aryl methyl sites for hydroxylation is 2. The number of amides is 1. The first kappa shape index (κ1) is 21.3. The van der Waals surface area contributed by atoms with Gasteiger partial charge in [-0.2, -0.15) is 5.10 Å². The Bertz CT molecular complexity index is 1140. The van der Waals surface area contributed by atoms with Crippen LogP contribution in [0.4, 0.5) is 17.2 Å². The van der Waals surface area contributed by atoms with Crippen LogP contribution in [0.1, 0.15) is 24.1 Å². The fraction of sp³-hybridized carbons (Fsp3) is 0.250. The maximum Gasteiger partial charge on any atom is 0.258 e. The summed E-state index contributed by atoms with van der Waals surface area (Å²) in [7, 11) is 0. The van der Waals surface area contributed by atoms with Gasteiger partial charge >= 0.3 is 0 Å². The molecule has 3 N–H and O–H groups in total. The predicted molar refractivity (Wildman–Crippen MR) is 126 cm³/mol. The van der Waals surface area contributed by atoms with Crippen LogP contribution in [0, 0.1) is 13.8 Å². The molecule has 0 saturated heterocycles. The molecule has 1 aromatic heterocycles. The molecule has 2 aromatic carbocycles. The van der Waals surface area contributed by atoms with Crippen LogP contribution in [0.25, 0.3) is 11.4 Å². The van der Waals surface area contributed by atoms with Crippen LogP contribution in [0.5, 0.6) is 5.75 Å². The molecule has 8 nitrogen and oxygen atoms in total. The molecule has 1 aliphatic carbocycles. The van der Waals surface area contributed by atoms with Crippen LogP contribution in [0.2, 0.25) is 0 Å². The average molecular weight is 431 g/mol. The quantitative estimate of drug-likeness (QED) is 0.348. The Morgan fingerprint density at radius 1 is 1.16 bits per heavy atom. The van der Waals surface area contributed by atoms with Crippen molar-refractivity contribution in [3.63, 3.8) is 0 Å². The molecule has 0 atom stereocenters. The monoisotopic (exact) mass is 430 g/mol. The minimum absolute atomic E-state index is 0.00693. The number of hydrazone groups is 1. The highest BCUT2D eigenvalue weighted by Gasteiger charge is 2.23. The van der Waals surface area contributed by atoms with Gasteiger partial charge in [-0.15, -0.1) is 0 Å². The van der Waals surface area contributed by atoms with E-state index in [9.17, 15) is 4.79 Å². The van der Waals surface area contributed by atoms with Crippen molar-refractivity contribution in [2.45, 2.75) is 32.7 Å². The third-order valence-electron chi connectivity index (χ3n) is 4.96. The first-order valence-corrected chi connectivity index (χ1v) is 10.5. The van der Waals surface area contributed by atoms with E-state index in [0.717, 1.165) is 41.0 Å². The van der Waals surface area contributed by atoms with Gasteiger partial charge in [-0.25, -0.2) is 9.97 Å². The van der Waals surface area contributed by atoms with Crippen molar-refractivity contribution in [3.05, 3.63) is 59.8 Å². The van der Waals surface area contributed by atoms with Crippen LogP contribution in [-0.2, 0) is 4.79 Å². The number of carbonyl (C=O) groups excluding carboxylic acids is 1. The zero-order valence-electron chi connectivity index (χ0n) is 18.2. The maximum atomic E-state index is 11.9. The lowest BCUT2D eigenvalue weighted by Crippen LogP contribution is -2.30. The summed E-state index contributed by atoms with van der Waals surface area (Å²) in [6, 6.07) is 15.5. The van der Waals surface area contributed by atoms with E-state index in [-0.39, 0.29) is 12.5 Å². The topological polar surface area (TPSA) is 101 Å². The minimum Gasteiger partial charge on any atom is -0.484 e. The molecule has 4 rings (SSSR count). The van der Waals surface area contributed by atoms with E-state index in [1.165, 1.54) is 0 Å². The van der Waals surface area contributed by atoms with Crippen molar-refractivity contribution in [1.29, 1.82) is 0 Å². The Balaban J connectivity index is 1.49. The van der Waals surface area contributed by atoms with Gasteiger partial charge in [0.25, 0.3) is 5.91 Å². The van der Waals surface area contributed by atoms with Crippen LogP contribution >= 0.6 is 0 Å². The van der Waals surface area contributed by atoms with Crippen molar-refractivity contribution < 1.29 is 9.53 Å². The lowest BCUT2D eigenvalue weighted by atomic mass is 10.2. The SMILES string of the molecule is C=NNc1ccc(Nc2cc(C)nc(-c3cccc(OCC(=O)NC4CC4)c3)n2)cc1C. The van der Waals surface area contributed by atoms with E-state index in [1.807, 2.05) is 62.4 Å². The molecule has 0 bridgehead atoms. The lowest BCUT2D eigenvalue weighted by molar-refractivity contribution is -0.123. The Hall–Kier alpha value is -3.94. The van der Waals surface area contributed by atoms with Crippen LogP contribution in [-0.4, -0.2) is 35.2 Å². The van der Waals surface area contributed by atoms with E-state index >= 15 is 0 Å². The normalized spacial score (nSPS) is 12.7. The van der Waals surface area contributed by atoms with Crippen molar-refractivity contribution in [3.8, 4) is 17.1 Å². The third-order valence-corrected chi connectivity index (χ3v) is 4.96. The Morgan fingerprint density at radius 2 is 2.00 bits per heavy atom. The van der Waals surface area contributed by atoms with Crippen molar-refractivity contribution >= 4 is 29.8 Å². The zero-order valence-corrected chi connectivity index (χ0v) is 18.2. The van der Waals surface area contributed by atoms with E-state index in [1.54, 1.807) is 0 Å². The Morgan fingerprint density at radius 3 is 2.75 bits per heavy atom. The highest BCUT2D eigenvalue weighted by molar-refractivity contribution is 5.78. The molecule has 3 aromatic rings. The largest absolute Gasteiger partial charge is 0.484 e. The summed E-state index contributed by atoms with van der Waals surface area (Å²) in [5.41, 5.74) is 7.34. The number of anilines is 3. The van der Waals surface area contributed by atoms with Gasteiger partial charge in [-0.3, -0.25) is 10.2 Å². The molecule has 1 amide bonds. The summed E-state index contributed by atoms with van der Waals surface area (Å²) in [4.78, 5) is 21.1. The first-order chi connectivity index (χ1) is 15.5. The molecule has 0 aliphatic heterocycles. The lowest BCUT2D eigenvalue weighted by Gasteiger charge is -2.12. The van der Waals surface area contributed by atoms with Gasteiger partial charge in [0.15, 0.2) is 12.4 Å². The van der Waals surface area contributed by atoms with E-state index < -0.39 is 0 Å². The molecule has 164 valence electrons. The smallest absolute Gasteiger partial charge is 0.258 e. The fourth-order valence-electron chi connectivity index (χ4n) is 3.23. The summed E-state index contributed by atoms with van der Waals surface area (Å²) in [6.45, 7) is 7.36. The Labute approximate surface area is 187 Å². The second kappa shape index (κ2) is 9.47. The number of nitrogens with zero attached hydrogens (tertiary/aromatic N) is 3. The Kier molecular flexibility index (Phi) is 6.30. The summed E-state index contributed by atoms with van der Waals surface area (Å²) in [5.74, 6) is 1.76. The number of hydrogen-bond acceptors (Lipinski definition) is 7. The van der Waals surface area contributed by atoms with Gasteiger partial charge < -0.3 is 15.4 Å². The molecule has 1 fully saturated rings. The second-order valence-electron chi connectivity index (χ2n) is 7.80. The average Bonchev–Trinajstić information content (AvgIpc) is 3.58. The highest BCUT2D eigenvalue weighted by Crippen LogP contribution is 2.26. The fourth-order valence-corrected chi connectivity index (χ4v) is 3.23.